The Morgan fingerprint density at radius 3 is 2.85 bits per heavy atom. The second-order valence-electron chi connectivity index (χ2n) is 7.27. The molecule has 0 aromatic carbocycles. The third-order valence-corrected chi connectivity index (χ3v) is 5.37. The quantitative estimate of drug-likeness (QED) is 0.818. The molecule has 7 nitrogen and oxygen atoms in total. The lowest BCUT2D eigenvalue weighted by Crippen LogP contribution is -2.58. The van der Waals surface area contributed by atoms with Crippen LogP contribution in [0.1, 0.15) is 24.3 Å². The summed E-state index contributed by atoms with van der Waals surface area (Å²) in [6, 6.07) is 3.49. The van der Waals surface area contributed by atoms with Crippen LogP contribution in [0.25, 0.3) is 0 Å². The average Bonchev–Trinajstić information content (AvgIpc) is 3.08. The number of nitrogens with zero attached hydrogens (tertiary/aromatic N) is 4. The van der Waals surface area contributed by atoms with Crippen molar-refractivity contribution >= 4 is 11.6 Å². The van der Waals surface area contributed by atoms with Crippen LogP contribution >= 0.6 is 0 Å². The molecule has 0 aliphatic carbocycles. The number of anilines is 1. The molecule has 2 aromatic rings. The number of amides is 1. The average molecular weight is 374 g/mol. The van der Waals surface area contributed by atoms with E-state index in [1.54, 1.807) is 18.3 Å². The minimum Gasteiger partial charge on any atom is -0.371 e. The summed E-state index contributed by atoms with van der Waals surface area (Å²) in [5, 5.41) is 3.83. The van der Waals surface area contributed by atoms with Gasteiger partial charge in [-0.25, -0.2) is 4.39 Å². The van der Waals surface area contributed by atoms with Gasteiger partial charge in [0.1, 0.15) is 5.76 Å². The van der Waals surface area contributed by atoms with Gasteiger partial charge in [-0.05, 0) is 25.8 Å². The number of hydrogen-bond acceptors (Lipinski definition) is 6. The normalized spacial score (nSPS) is 19.5. The van der Waals surface area contributed by atoms with E-state index < -0.39 is 0 Å². The zero-order valence-electron chi connectivity index (χ0n) is 15.4. The van der Waals surface area contributed by atoms with Crippen molar-refractivity contribution in [2.24, 2.45) is 0 Å². The molecule has 0 unspecified atom stereocenters. The highest BCUT2D eigenvalue weighted by molar-refractivity contribution is 5.78. The third-order valence-electron chi connectivity index (χ3n) is 5.37. The van der Waals surface area contributed by atoms with E-state index in [0.29, 0.717) is 44.2 Å². The molecule has 0 bridgehead atoms. The number of carbonyl (C=O) groups excluding carboxylic acids is 1. The Hall–Kier alpha value is -2.48. The van der Waals surface area contributed by atoms with Gasteiger partial charge in [-0.3, -0.25) is 9.78 Å². The molecule has 4 heterocycles. The monoisotopic (exact) mass is 374 g/mol. The number of aryl methyl sites for hydroxylation is 1. The topological polar surface area (TPSA) is 71.7 Å². The third kappa shape index (κ3) is 3.80. The van der Waals surface area contributed by atoms with Gasteiger partial charge in [-0.1, -0.05) is 5.16 Å². The van der Waals surface area contributed by atoms with Crippen molar-refractivity contribution in [1.29, 1.82) is 0 Å². The molecular formula is C19H23FN4O3. The summed E-state index contributed by atoms with van der Waals surface area (Å²) >= 11 is 0. The Morgan fingerprint density at radius 1 is 1.33 bits per heavy atom. The van der Waals surface area contributed by atoms with Crippen molar-refractivity contribution in [3.05, 3.63) is 41.8 Å². The van der Waals surface area contributed by atoms with E-state index in [1.165, 1.54) is 6.20 Å². The van der Waals surface area contributed by atoms with E-state index in [2.05, 4.69) is 10.1 Å². The molecular weight excluding hydrogens is 351 g/mol. The van der Waals surface area contributed by atoms with Crippen LogP contribution in [0, 0.1) is 12.7 Å². The van der Waals surface area contributed by atoms with Gasteiger partial charge in [-0.15, -0.1) is 0 Å². The van der Waals surface area contributed by atoms with Crippen LogP contribution in [0.5, 0.6) is 0 Å². The Morgan fingerprint density at radius 2 is 2.15 bits per heavy atom. The molecule has 1 spiro atoms. The fourth-order valence-electron chi connectivity index (χ4n) is 3.90. The Balaban J connectivity index is 1.38. The van der Waals surface area contributed by atoms with E-state index >= 15 is 0 Å². The van der Waals surface area contributed by atoms with E-state index in [9.17, 15) is 9.18 Å². The molecule has 0 atom stereocenters. The highest BCUT2D eigenvalue weighted by Gasteiger charge is 2.41. The fraction of sp³-hybridized carbons (Fsp3) is 0.526. The van der Waals surface area contributed by atoms with Crippen LogP contribution in [-0.4, -0.2) is 59.3 Å². The summed E-state index contributed by atoms with van der Waals surface area (Å²) < 4.78 is 25.2. The molecule has 0 saturated carbocycles. The number of ether oxygens (including phenoxy) is 1. The van der Waals surface area contributed by atoms with Gasteiger partial charge >= 0.3 is 0 Å². The molecule has 2 saturated heterocycles. The van der Waals surface area contributed by atoms with E-state index in [-0.39, 0.29) is 23.7 Å². The summed E-state index contributed by atoms with van der Waals surface area (Å²) in [5.74, 6) is 0.301. The minimum atomic E-state index is -0.356. The van der Waals surface area contributed by atoms with Crippen molar-refractivity contribution in [3.8, 4) is 0 Å². The molecule has 1 amide bonds. The summed E-state index contributed by atoms with van der Waals surface area (Å²) in [6.07, 6.45) is 4.55. The van der Waals surface area contributed by atoms with Crippen LogP contribution in [0.15, 0.2) is 29.0 Å². The van der Waals surface area contributed by atoms with Crippen molar-refractivity contribution in [1.82, 2.24) is 15.0 Å². The lowest BCUT2D eigenvalue weighted by Gasteiger charge is -2.47. The van der Waals surface area contributed by atoms with Gasteiger partial charge in [0.2, 0.25) is 5.91 Å². The predicted octanol–water partition coefficient (Wildman–Crippen LogP) is 1.96. The predicted molar refractivity (Wildman–Crippen MR) is 95.8 cm³/mol. The highest BCUT2D eigenvalue weighted by atomic mass is 19.1. The van der Waals surface area contributed by atoms with Crippen molar-refractivity contribution < 1.29 is 18.4 Å². The van der Waals surface area contributed by atoms with Crippen molar-refractivity contribution in [3.63, 3.8) is 0 Å². The van der Waals surface area contributed by atoms with E-state index in [0.717, 1.165) is 18.5 Å². The molecule has 2 aromatic heterocycles. The smallest absolute Gasteiger partial charge is 0.230 e. The molecule has 4 rings (SSSR count). The fourth-order valence-corrected chi connectivity index (χ4v) is 3.90. The number of carbonyl (C=O) groups is 1. The number of hydrogen-bond donors (Lipinski definition) is 0. The van der Waals surface area contributed by atoms with Gasteiger partial charge in [0.15, 0.2) is 5.82 Å². The Labute approximate surface area is 157 Å². The zero-order chi connectivity index (χ0) is 18.9. The Kier molecular flexibility index (Phi) is 4.82. The van der Waals surface area contributed by atoms with Gasteiger partial charge in [0.05, 0.1) is 36.2 Å². The maximum Gasteiger partial charge on any atom is 0.230 e. The number of piperidine rings is 1. The minimum absolute atomic E-state index is 0.0245. The van der Waals surface area contributed by atoms with Crippen LogP contribution < -0.4 is 4.90 Å². The SMILES string of the molecule is Cc1cc(CC(=O)N2CCOC3(CCN(c4ccncc4F)CC3)C2)on1. The van der Waals surface area contributed by atoms with Gasteiger partial charge in [0, 0.05) is 38.4 Å². The van der Waals surface area contributed by atoms with E-state index in [1.807, 2.05) is 16.7 Å². The zero-order valence-corrected chi connectivity index (χ0v) is 15.4. The van der Waals surface area contributed by atoms with Gasteiger partial charge < -0.3 is 19.1 Å². The second kappa shape index (κ2) is 7.26. The Bertz CT molecular complexity index is 817. The van der Waals surface area contributed by atoms with Crippen molar-refractivity contribution in [2.45, 2.75) is 31.8 Å². The number of pyridine rings is 1. The molecule has 8 heteroatoms. The molecule has 144 valence electrons. The maximum absolute atomic E-state index is 14.0. The molecule has 2 fully saturated rings. The number of halogens is 1. The number of rotatable bonds is 3. The lowest BCUT2D eigenvalue weighted by molar-refractivity contribution is -0.153. The lowest BCUT2D eigenvalue weighted by atomic mass is 9.89. The summed E-state index contributed by atoms with van der Waals surface area (Å²) in [4.78, 5) is 20.3. The summed E-state index contributed by atoms with van der Waals surface area (Å²) in [6.45, 7) is 4.86. The summed E-state index contributed by atoms with van der Waals surface area (Å²) in [5.41, 5.74) is 0.988. The second-order valence-corrected chi connectivity index (χ2v) is 7.27. The van der Waals surface area contributed by atoms with Crippen LogP contribution in [0.3, 0.4) is 0 Å². The molecule has 27 heavy (non-hydrogen) atoms. The van der Waals surface area contributed by atoms with Crippen LogP contribution in [-0.2, 0) is 16.0 Å². The largest absolute Gasteiger partial charge is 0.371 e. The standard InChI is InChI=1S/C19H23FN4O3/c1-14-10-15(27-22-14)11-18(25)24-8-9-26-19(13-24)3-6-23(7-4-19)17-2-5-21-12-16(17)20/h2,5,10,12H,3-4,6-9,11,13H2,1H3. The molecule has 0 N–H and O–H groups in total. The molecule has 2 aliphatic rings. The highest BCUT2D eigenvalue weighted by Crippen LogP contribution is 2.33. The number of aromatic nitrogens is 2. The van der Waals surface area contributed by atoms with Crippen molar-refractivity contribution in [2.75, 3.05) is 37.7 Å². The summed E-state index contributed by atoms with van der Waals surface area (Å²) in [7, 11) is 0. The molecule has 0 radical (unpaired) electrons. The first-order chi connectivity index (χ1) is 13.0. The van der Waals surface area contributed by atoms with Gasteiger partial charge in [-0.2, -0.15) is 0 Å². The first-order valence-electron chi connectivity index (χ1n) is 9.23. The van der Waals surface area contributed by atoms with E-state index in [4.69, 9.17) is 9.26 Å². The van der Waals surface area contributed by atoms with Crippen LogP contribution in [0.2, 0.25) is 0 Å². The molecule has 2 aliphatic heterocycles. The van der Waals surface area contributed by atoms with Gasteiger partial charge in [0.25, 0.3) is 0 Å². The maximum atomic E-state index is 14.0. The number of morpholine rings is 1. The first kappa shape index (κ1) is 17.9. The van der Waals surface area contributed by atoms with Crippen LogP contribution in [0.4, 0.5) is 10.1 Å². The first-order valence-corrected chi connectivity index (χ1v) is 9.23.